The lowest BCUT2D eigenvalue weighted by Crippen LogP contribution is -2.40. The van der Waals surface area contributed by atoms with Crippen LogP contribution in [0.1, 0.15) is 49.7 Å². The highest BCUT2D eigenvalue weighted by atomic mass is 127. The lowest BCUT2D eigenvalue weighted by atomic mass is 10.1. The van der Waals surface area contributed by atoms with Gasteiger partial charge in [-0.2, -0.15) is 0 Å². The van der Waals surface area contributed by atoms with Crippen molar-refractivity contribution < 1.29 is 0 Å². The Morgan fingerprint density at radius 2 is 2.00 bits per heavy atom. The van der Waals surface area contributed by atoms with Gasteiger partial charge >= 0.3 is 0 Å². The highest BCUT2D eigenvalue weighted by Gasteiger charge is 2.12. The van der Waals surface area contributed by atoms with Gasteiger partial charge in [0.05, 0.1) is 0 Å². The number of hydrogen-bond acceptors (Lipinski definition) is 1. The van der Waals surface area contributed by atoms with E-state index in [2.05, 4.69) is 46.6 Å². The van der Waals surface area contributed by atoms with Crippen LogP contribution in [0.2, 0.25) is 0 Å². The SMILES string of the molecule is Cc1cccc2c(CCN=C(N)NC3CCCCCC3)c[nH]c12.I. The standard InChI is InChI=1S/C19H28N4.HI/c1-14-7-6-10-17-15(13-22-18(14)17)11-12-21-19(20)23-16-8-4-2-3-5-9-16;/h6-7,10,13,16,22H,2-5,8-9,11-12H2,1H3,(H3,20,21,23);1H. The Labute approximate surface area is 161 Å². The number of nitrogens with one attached hydrogen (secondary N) is 2. The van der Waals surface area contributed by atoms with Crippen molar-refractivity contribution in [2.24, 2.45) is 10.7 Å². The van der Waals surface area contributed by atoms with Gasteiger partial charge in [-0.1, -0.05) is 43.9 Å². The van der Waals surface area contributed by atoms with Crippen LogP contribution in [-0.4, -0.2) is 23.5 Å². The smallest absolute Gasteiger partial charge is 0.188 e. The first-order chi connectivity index (χ1) is 11.2. The van der Waals surface area contributed by atoms with Gasteiger partial charge in [0.2, 0.25) is 0 Å². The van der Waals surface area contributed by atoms with E-state index in [0.29, 0.717) is 12.0 Å². The molecular formula is C19H29IN4. The number of fused-ring (bicyclic) bond motifs is 1. The van der Waals surface area contributed by atoms with E-state index in [0.717, 1.165) is 13.0 Å². The number of H-pyrrole nitrogens is 1. The summed E-state index contributed by atoms with van der Waals surface area (Å²) in [6.07, 6.45) is 10.8. The molecule has 0 radical (unpaired) electrons. The Morgan fingerprint density at radius 3 is 2.75 bits per heavy atom. The van der Waals surface area contributed by atoms with Crippen molar-refractivity contribution in [3.8, 4) is 0 Å². The summed E-state index contributed by atoms with van der Waals surface area (Å²) in [4.78, 5) is 7.89. The summed E-state index contributed by atoms with van der Waals surface area (Å²) in [5.41, 5.74) is 9.89. The van der Waals surface area contributed by atoms with Crippen molar-refractivity contribution in [2.75, 3.05) is 6.54 Å². The zero-order valence-electron chi connectivity index (χ0n) is 14.5. The maximum absolute atomic E-state index is 6.06. The molecule has 1 aliphatic carbocycles. The van der Waals surface area contributed by atoms with Gasteiger partial charge in [-0.25, -0.2) is 0 Å². The molecule has 0 unspecified atom stereocenters. The minimum absolute atomic E-state index is 0. The largest absolute Gasteiger partial charge is 0.370 e. The third kappa shape index (κ3) is 4.88. The first-order valence-corrected chi connectivity index (χ1v) is 8.86. The number of para-hydroxylation sites is 1. The van der Waals surface area contributed by atoms with Crippen molar-refractivity contribution in [3.63, 3.8) is 0 Å². The second-order valence-electron chi connectivity index (χ2n) is 6.66. The summed E-state index contributed by atoms with van der Waals surface area (Å²) in [5, 5.41) is 4.71. The maximum Gasteiger partial charge on any atom is 0.188 e. The van der Waals surface area contributed by atoms with E-state index in [1.807, 2.05) is 0 Å². The summed E-state index contributed by atoms with van der Waals surface area (Å²) in [7, 11) is 0. The Hall–Kier alpha value is -1.24. The molecule has 0 bridgehead atoms. The minimum Gasteiger partial charge on any atom is -0.370 e. The van der Waals surface area contributed by atoms with Crippen LogP contribution < -0.4 is 11.1 Å². The Morgan fingerprint density at radius 1 is 1.25 bits per heavy atom. The quantitative estimate of drug-likeness (QED) is 0.288. The van der Waals surface area contributed by atoms with E-state index in [9.17, 15) is 0 Å². The number of aromatic amines is 1. The molecule has 5 heteroatoms. The van der Waals surface area contributed by atoms with Gasteiger partial charge in [-0.3, -0.25) is 4.99 Å². The van der Waals surface area contributed by atoms with Gasteiger partial charge in [0.1, 0.15) is 0 Å². The fraction of sp³-hybridized carbons (Fsp3) is 0.526. The molecule has 0 aliphatic heterocycles. The monoisotopic (exact) mass is 440 g/mol. The van der Waals surface area contributed by atoms with Crippen LogP contribution in [0.3, 0.4) is 0 Å². The third-order valence-corrected chi connectivity index (χ3v) is 4.88. The zero-order chi connectivity index (χ0) is 16.1. The summed E-state index contributed by atoms with van der Waals surface area (Å²) in [6, 6.07) is 6.93. The van der Waals surface area contributed by atoms with Crippen molar-refractivity contribution in [1.29, 1.82) is 0 Å². The molecule has 4 N–H and O–H groups in total. The molecule has 1 fully saturated rings. The van der Waals surface area contributed by atoms with Gasteiger partial charge in [0.25, 0.3) is 0 Å². The molecule has 1 aliphatic rings. The fourth-order valence-electron chi connectivity index (χ4n) is 3.55. The van der Waals surface area contributed by atoms with Crippen molar-refractivity contribution in [2.45, 2.75) is 57.9 Å². The number of halogens is 1. The number of aliphatic imine (C=N–C) groups is 1. The van der Waals surface area contributed by atoms with Gasteiger partial charge < -0.3 is 16.0 Å². The van der Waals surface area contributed by atoms with E-state index >= 15 is 0 Å². The Kier molecular flexibility index (Phi) is 7.40. The average molecular weight is 440 g/mol. The van der Waals surface area contributed by atoms with Gasteiger partial charge in [0, 0.05) is 29.7 Å². The average Bonchev–Trinajstić information content (AvgIpc) is 2.78. The van der Waals surface area contributed by atoms with Crippen molar-refractivity contribution in [3.05, 3.63) is 35.5 Å². The molecule has 0 atom stereocenters. The van der Waals surface area contributed by atoms with Crippen LogP contribution in [-0.2, 0) is 6.42 Å². The number of aromatic nitrogens is 1. The van der Waals surface area contributed by atoms with E-state index in [4.69, 9.17) is 5.73 Å². The first-order valence-electron chi connectivity index (χ1n) is 8.86. The topological polar surface area (TPSA) is 66.2 Å². The van der Waals surface area contributed by atoms with E-state index in [1.54, 1.807) is 0 Å². The van der Waals surface area contributed by atoms with Crippen LogP contribution in [0.4, 0.5) is 0 Å². The van der Waals surface area contributed by atoms with Crippen LogP contribution in [0.5, 0.6) is 0 Å². The zero-order valence-corrected chi connectivity index (χ0v) is 16.8. The predicted molar refractivity (Wildman–Crippen MR) is 113 cm³/mol. The number of benzene rings is 1. The number of aryl methyl sites for hydroxylation is 1. The summed E-state index contributed by atoms with van der Waals surface area (Å²) in [5.74, 6) is 0.605. The lowest BCUT2D eigenvalue weighted by molar-refractivity contribution is 0.530. The van der Waals surface area contributed by atoms with Gasteiger partial charge in [0.15, 0.2) is 5.96 Å². The molecule has 1 heterocycles. The fourth-order valence-corrected chi connectivity index (χ4v) is 3.55. The highest BCUT2D eigenvalue weighted by Crippen LogP contribution is 2.21. The van der Waals surface area contributed by atoms with E-state index in [-0.39, 0.29) is 24.0 Å². The van der Waals surface area contributed by atoms with Gasteiger partial charge in [-0.05, 0) is 37.3 Å². The number of nitrogens with zero attached hydrogens (tertiary/aromatic N) is 1. The number of hydrogen-bond donors (Lipinski definition) is 3. The second-order valence-corrected chi connectivity index (χ2v) is 6.66. The molecule has 1 aromatic carbocycles. The van der Waals surface area contributed by atoms with Crippen molar-refractivity contribution in [1.82, 2.24) is 10.3 Å². The lowest BCUT2D eigenvalue weighted by Gasteiger charge is -2.16. The molecule has 4 nitrogen and oxygen atoms in total. The van der Waals surface area contributed by atoms with Gasteiger partial charge in [-0.15, -0.1) is 24.0 Å². The maximum atomic E-state index is 6.06. The summed E-state index contributed by atoms with van der Waals surface area (Å²) < 4.78 is 0. The van der Waals surface area contributed by atoms with Crippen LogP contribution in [0, 0.1) is 6.92 Å². The molecule has 0 spiro atoms. The number of guanidine groups is 1. The molecule has 1 saturated carbocycles. The number of nitrogens with two attached hydrogens (primary N) is 1. The second kappa shape index (κ2) is 9.30. The first kappa shape index (κ1) is 19.1. The molecule has 24 heavy (non-hydrogen) atoms. The molecule has 0 saturated heterocycles. The summed E-state index contributed by atoms with van der Waals surface area (Å²) >= 11 is 0. The molecule has 1 aromatic heterocycles. The van der Waals surface area contributed by atoms with Crippen LogP contribution >= 0.6 is 24.0 Å². The molecule has 2 aromatic rings. The predicted octanol–water partition coefficient (Wildman–Crippen LogP) is 4.26. The van der Waals surface area contributed by atoms with Crippen LogP contribution in [0.25, 0.3) is 10.9 Å². The van der Waals surface area contributed by atoms with Crippen molar-refractivity contribution >= 4 is 40.8 Å². The highest BCUT2D eigenvalue weighted by molar-refractivity contribution is 14.0. The summed E-state index contributed by atoms with van der Waals surface area (Å²) in [6.45, 7) is 2.86. The normalized spacial score (nSPS) is 16.6. The Balaban J connectivity index is 0.00000208. The van der Waals surface area contributed by atoms with Crippen LogP contribution in [0.15, 0.2) is 29.4 Å². The Bertz CT molecular complexity index is 669. The molecule has 3 rings (SSSR count). The third-order valence-electron chi connectivity index (χ3n) is 4.88. The minimum atomic E-state index is 0. The molecule has 132 valence electrons. The molecule has 0 amide bonds. The number of rotatable bonds is 4. The van der Waals surface area contributed by atoms with E-state index < -0.39 is 0 Å². The van der Waals surface area contributed by atoms with E-state index in [1.165, 1.54) is 60.6 Å². The molecular weight excluding hydrogens is 411 g/mol.